The minimum Gasteiger partial charge on any atom is -0.493 e. The van der Waals surface area contributed by atoms with Crippen LogP contribution in [0.1, 0.15) is 12.1 Å². The molecule has 12 heteroatoms. The second kappa shape index (κ2) is 13.5. The van der Waals surface area contributed by atoms with Gasteiger partial charge in [-0.3, -0.25) is 14.8 Å². The van der Waals surface area contributed by atoms with Crippen molar-refractivity contribution < 1.29 is 23.0 Å². The van der Waals surface area contributed by atoms with Crippen molar-refractivity contribution in [3.63, 3.8) is 0 Å². The van der Waals surface area contributed by atoms with Gasteiger partial charge in [-0.2, -0.15) is 5.10 Å². The maximum absolute atomic E-state index is 13.8. The summed E-state index contributed by atoms with van der Waals surface area (Å²) < 4.78 is 38.8. The molecule has 0 atom stereocenters. The van der Waals surface area contributed by atoms with Crippen molar-refractivity contribution in [1.82, 2.24) is 25.1 Å². The largest absolute Gasteiger partial charge is 0.493 e. The van der Waals surface area contributed by atoms with E-state index in [9.17, 15) is 13.6 Å². The lowest BCUT2D eigenvalue weighted by Crippen LogP contribution is -2.25. The average molecular weight is 551 g/mol. The summed E-state index contributed by atoms with van der Waals surface area (Å²) in [5, 5.41) is 13.1. The molecule has 0 unspecified atom stereocenters. The van der Waals surface area contributed by atoms with Gasteiger partial charge in [-0.1, -0.05) is 12.1 Å². The van der Waals surface area contributed by atoms with Crippen molar-refractivity contribution in [3.8, 4) is 11.5 Å². The molecule has 10 nitrogen and oxygen atoms in total. The second-order valence-corrected chi connectivity index (χ2v) is 8.76. The number of amides is 1. The fourth-order valence-electron chi connectivity index (χ4n) is 3.99. The number of hydrogen-bond donors (Lipinski definition) is 3. The Bertz CT molecular complexity index is 1480. The smallest absolute Gasteiger partial charge is 0.230 e. The molecule has 4 rings (SSSR count). The SMILES string of the molecule is [CH2]CN(CC=C)CCCOc1cc2ncnc(Nc3cc(CC(=O)Nc4cccc(F)c4F)[nH]n3)c2cc1OC. The summed E-state index contributed by atoms with van der Waals surface area (Å²) in [6, 6.07) is 8.75. The Balaban J connectivity index is 1.42. The zero-order valence-electron chi connectivity index (χ0n) is 22.0. The summed E-state index contributed by atoms with van der Waals surface area (Å²) in [4.78, 5) is 23.2. The third-order valence-electron chi connectivity index (χ3n) is 5.95. The quantitative estimate of drug-likeness (QED) is 0.153. The summed E-state index contributed by atoms with van der Waals surface area (Å²) >= 11 is 0. The first-order chi connectivity index (χ1) is 19.4. The number of aromatic amines is 1. The van der Waals surface area contributed by atoms with E-state index < -0.39 is 17.5 Å². The van der Waals surface area contributed by atoms with Crippen LogP contribution in [0.2, 0.25) is 0 Å². The van der Waals surface area contributed by atoms with Crippen LogP contribution in [0.15, 0.2) is 55.4 Å². The van der Waals surface area contributed by atoms with Crippen LogP contribution in [0.5, 0.6) is 11.5 Å². The number of halogens is 2. The first kappa shape index (κ1) is 28.4. The maximum Gasteiger partial charge on any atom is 0.230 e. The van der Waals surface area contributed by atoms with Gasteiger partial charge in [-0.25, -0.2) is 18.7 Å². The summed E-state index contributed by atoms with van der Waals surface area (Å²) in [5.41, 5.74) is 0.848. The molecule has 0 aliphatic rings. The molecule has 0 saturated heterocycles. The van der Waals surface area contributed by atoms with Crippen molar-refractivity contribution in [2.45, 2.75) is 12.8 Å². The van der Waals surface area contributed by atoms with E-state index in [0.29, 0.717) is 52.9 Å². The molecule has 2 aromatic heterocycles. The average Bonchev–Trinajstić information content (AvgIpc) is 3.39. The van der Waals surface area contributed by atoms with Crippen LogP contribution in [0, 0.1) is 18.6 Å². The molecule has 2 aromatic carbocycles. The Kier molecular flexibility index (Phi) is 9.57. The summed E-state index contributed by atoms with van der Waals surface area (Å²) in [6.07, 6.45) is 3.93. The molecule has 0 fully saturated rings. The van der Waals surface area contributed by atoms with Crippen LogP contribution < -0.4 is 20.1 Å². The Morgan fingerprint density at radius 1 is 1.20 bits per heavy atom. The summed E-state index contributed by atoms with van der Waals surface area (Å²) in [5.74, 6) is -0.751. The predicted octanol–water partition coefficient (Wildman–Crippen LogP) is 4.66. The number of carbonyl (C=O) groups excluding carboxylic acids is 1. The van der Waals surface area contributed by atoms with E-state index in [4.69, 9.17) is 9.47 Å². The lowest BCUT2D eigenvalue weighted by atomic mass is 10.2. The van der Waals surface area contributed by atoms with E-state index >= 15 is 0 Å². The van der Waals surface area contributed by atoms with Gasteiger partial charge in [0.25, 0.3) is 0 Å². The Morgan fingerprint density at radius 3 is 2.83 bits per heavy atom. The lowest BCUT2D eigenvalue weighted by Gasteiger charge is -2.18. The van der Waals surface area contributed by atoms with Crippen LogP contribution in [-0.2, 0) is 11.2 Å². The molecule has 0 aliphatic carbocycles. The molecule has 4 aromatic rings. The Hall–Kier alpha value is -4.58. The molecule has 0 spiro atoms. The molecule has 0 bridgehead atoms. The number of fused-ring (bicyclic) bond motifs is 1. The number of nitrogens with one attached hydrogen (secondary N) is 3. The number of H-pyrrole nitrogens is 1. The van der Waals surface area contributed by atoms with Gasteiger partial charge in [0.15, 0.2) is 29.0 Å². The number of ether oxygens (including phenoxy) is 2. The highest BCUT2D eigenvalue weighted by Gasteiger charge is 2.15. The minimum atomic E-state index is -1.12. The van der Waals surface area contributed by atoms with E-state index in [1.54, 1.807) is 25.3 Å². The van der Waals surface area contributed by atoms with Gasteiger partial charge in [-0.05, 0) is 38.1 Å². The standard InChI is InChI=1S/C28H30F2N7O3/c1-4-10-37(5-2)11-7-12-40-24-16-22-19(15-23(24)39-3)28(32-17-31-22)34-25-13-18(35-36-25)14-26(38)33-21-9-6-8-20(29)27(21)30/h4,6,8-9,13,15-17H,1-2,5,7,10-12,14H2,3H3,(H,33,38)(H2,31,32,34,35,36). The lowest BCUT2D eigenvalue weighted by molar-refractivity contribution is -0.115. The van der Waals surface area contributed by atoms with Crippen LogP contribution in [0.25, 0.3) is 10.9 Å². The highest BCUT2D eigenvalue weighted by atomic mass is 19.2. The number of anilines is 3. The molecule has 0 saturated carbocycles. The van der Waals surface area contributed by atoms with Gasteiger partial charge in [0.1, 0.15) is 12.1 Å². The van der Waals surface area contributed by atoms with Gasteiger partial charge in [0.2, 0.25) is 5.91 Å². The monoisotopic (exact) mass is 550 g/mol. The van der Waals surface area contributed by atoms with E-state index in [1.807, 2.05) is 6.08 Å². The number of carbonyl (C=O) groups is 1. The zero-order chi connectivity index (χ0) is 28.5. The van der Waals surface area contributed by atoms with Crippen molar-refractivity contribution in [2.24, 2.45) is 0 Å². The summed E-state index contributed by atoms with van der Waals surface area (Å²) in [6.45, 7) is 10.5. The van der Waals surface area contributed by atoms with E-state index in [2.05, 4.69) is 49.2 Å². The first-order valence-corrected chi connectivity index (χ1v) is 12.5. The molecule has 209 valence electrons. The van der Waals surface area contributed by atoms with Gasteiger partial charge in [0, 0.05) is 36.3 Å². The fourth-order valence-corrected chi connectivity index (χ4v) is 3.99. The Morgan fingerprint density at radius 2 is 2.05 bits per heavy atom. The van der Waals surface area contributed by atoms with Crippen molar-refractivity contribution in [2.75, 3.05) is 44.0 Å². The van der Waals surface area contributed by atoms with Crippen LogP contribution >= 0.6 is 0 Å². The first-order valence-electron chi connectivity index (χ1n) is 12.5. The van der Waals surface area contributed by atoms with Crippen molar-refractivity contribution >= 4 is 34.1 Å². The fraction of sp³-hybridized carbons (Fsp3) is 0.250. The number of hydrogen-bond acceptors (Lipinski definition) is 8. The molecule has 40 heavy (non-hydrogen) atoms. The van der Waals surface area contributed by atoms with Crippen molar-refractivity contribution in [1.29, 1.82) is 0 Å². The topological polar surface area (TPSA) is 117 Å². The number of nitrogens with zero attached hydrogens (tertiary/aromatic N) is 4. The predicted molar refractivity (Wildman–Crippen MR) is 149 cm³/mol. The highest BCUT2D eigenvalue weighted by molar-refractivity contribution is 5.93. The van der Waals surface area contributed by atoms with Gasteiger partial charge >= 0.3 is 0 Å². The van der Waals surface area contributed by atoms with Crippen LogP contribution in [0.3, 0.4) is 0 Å². The molecular weight excluding hydrogens is 520 g/mol. The van der Waals surface area contributed by atoms with Gasteiger partial charge in [0.05, 0.1) is 31.3 Å². The molecule has 2 heterocycles. The van der Waals surface area contributed by atoms with Crippen molar-refractivity contribution in [3.05, 3.63) is 79.6 Å². The van der Waals surface area contributed by atoms with Gasteiger partial charge < -0.3 is 20.1 Å². The third kappa shape index (κ3) is 7.08. The number of methoxy groups -OCH3 is 1. The minimum absolute atomic E-state index is 0.135. The maximum atomic E-state index is 13.8. The normalized spacial score (nSPS) is 11.0. The number of rotatable bonds is 14. The molecule has 3 N–H and O–H groups in total. The van der Waals surface area contributed by atoms with E-state index in [-0.39, 0.29) is 12.1 Å². The van der Waals surface area contributed by atoms with Crippen LogP contribution in [0.4, 0.5) is 26.1 Å². The molecule has 1 amide bonds. The molecular formula is C28H30F2N7O3. The second-order valence-electron chi connectivity index (χ2n) is 8.76. The number of aromatic nitrogens is 4. The van der Waals surface area contributed by atoms with Gasteiger partial charge in [-0.15, -0.1) is 6.58 Å². The number of benzene rings is 2. The third-order valence-corrected chi connectivity index (χ3v) is 5.95. The molecule has 1 radical (unpaired) electrons. The molecule has 0 aliphatic heterocycles. The Labute approximate surface area is 230 Å². The van der Waals surface area contributed by atoms with Crippen LogP contribution in [-0.4, -0.2) is 64.3 Å². The van der Waals surface area contributed by atoms with E-state index in [1.165, 1.54) is 18.5 Å². The van der Waals surface area contributed by atoms with E-state index in [0.717, 1.165) is 25.6 Å². The zero-order valence-corrected chi connectivity index (χ0v) is 22.0. The highest BCUT2D eigenvalue weighted by Crippen LogP contribution is 2.34. The summed E-state index contributed by atoms with van der Waals surface area (Å²) in [7, 11) is 1.56.